The Balaban J connectivity index is 1.56. The smallest absolute Gasteiger partial charge is 0.260 e. The number of rotatable bonds is 5. The van der Waals surface area contributed by atoms with Crippen molar-refractivity contribution in [2.24, 2.45) is 5.73 Å². The lowest BCUT2D eigenvalue weighted by Crippen LogP contribution is -2.41. The van der Waals surface area contributed by atoms with Crippen molar-refractivity contribution in [2.45, 2.75) is 6.42 Å². The molecule has 4 rings (SSSR count). The monoisotopic (exact) mass is 446 g/mol. The summed E-state index contributed by atoms with van der Waals surface area (Å²) in [5, 5.41) is 0.870. The number of fused-ring (bicyclic) bond motifs is 1. The van der Waals surface area contributed by atoms with Crippen molar-refractivity contribution in [1.82, 2.24) is 9.88 Å². The highest BCUT2D eigenvalue weighted by Crippen LogP contribution is 2.41. The number of ether oxygens (including phenoxy) is 2. The molecule has 2 amide bonds. The number of anilines is 1. The lowest BCUT2D eigenvalue weighted by molar-refractivity contribution is -0.134. The second-order valence-corrected chi connectivity index (χ2v) is 8.14. The number of thiophene rings is 1. The fourth-order valence-corrected chi connectivity index (χ4v) is 4.41. The van der Waals surface area contributed by atoms with Gasteiger partial charge in [0.1, 0.15) is 21.2 Å². The lowest BCUT2D eigenvalue weighted by Gasteiger charge is -2.26. The van der Waals surface area contributed by atoms with Gasteiger partial charge in [-0.05, 0) is 23.8 Å². The number of amides is 2. The van der Waals surface area contributed by atoms with Gasteiger partial charge in [-0.25, -0.2) is 4.98 Å². The van der Waals surface area contributed by atoms with Gasteiger partial charge in [0.2, 0.25) is 5.91 Å². The van der Waals surface area contributed by atoms with Crippen LogP contribution in [0.4, 0.5) is 5.69 Å². The van der Waals surface area contributed by atoms with E-state index in [1.165, 1.54) is 0 Å². The van der Waals surface area contributed by atoms with Crippen LogP contribution >= 0.6 is 22.9 Å². The van der Waals surface area contributed by atoms with E-state index < -0.39 is 5.91 Å². The van der Waals surface area contributed by atoms with E-state index in [-0.39, 0.29) is 22.9 Å². The Morgan fingerprint density at radius 1 is 1.23 bits per heavy atom. The average Bonchev–Trinajstić information content (AvgIpc) is 3.08. The van der Waals surface area contributed by atoms with Gasteiger partial charge in [-0.3, -0.25) is 9.59 Å². The predicted molar refractivity (Wildman–Crippen MR) is 115 cm³/mol. The van der Waals surface area contributed by atoms with E-state index in [0.29, 0.717) is 53.0 Å². The Morgan fingerprint density at radius 3 is 2.70 bits per heavy atom. The second kappa shape index (κ2) is 8.47. The summed E-state index contributed by atoms with van der Waals surface area (Å²) in [5.41, 5.74) is 12.5. The molecule has 1 saturated heterocycles. The maximum Gasteiger partial charge on any atom is 0.260 e. The van der Waals surface area contributed by atoms with Crippen LogP contribution in [0.3, 0.4) is 0 Å². The lowest BCUT2D eigenvalue weighted by atomic mass is 10.1. The van der Waals surface area contributed by atoms with Crippen LogP contribution < -0.4 is 16.2 Å². The molecule has 0 aliphatic carbocycles. The molecular weight excluding hydrogens is 428 g/mol. The first-order valence-corrected chi connectivity index (χ1v) is 10.4. The van der Waals surface area contributed by atoms with Crippen LogP contribution in [-0.2, 0) is 16.0 Å². The number of carbonyl (C=O) groups excluding carboxylic acids is 2. The minimum atomic E-state index is -0.617. The third-order valence-corrected chi connectivity index (χ3v) is 6.17. The highest BCUT2D eigenvalue weighted by atomic mass is 35.5. The molecule has 3 heterocycles. The molecule has 3 aromatic rings. The average molecular weight is 447 g/mol. The maximum atomic E-state index is 12.4. The van der Waals surface area contributed by atoms with E-state index in [4.69, 9.17) is 32.5 Å². The number of carbonyl (C=O) groups is 2. The summed E-state index contributed by atoms with van der Waals surface area (Å²) in [6.45, 7) is 2.31. The van der Waals surface area contributed by atoms with E-state index in [2.05, 4.69) is 4.98 Å². The van der Waals surface area contributed by atoms with Crippen molar-refractivity contribution in [3.05, 3.63) is 45.9 Å². The van der Waals surface area contributed by atoms with Crippen molar-refractivity contribution in [2.75, 3.05) is 32.0 Å². The number of morpholine rings is 1. The number of aromatic nitrogens is 1. The largest absolute Gasteiger partial charge is 0.455 e. The summed E-state index contributed by atoms with van der Waals surface area (Å²) in [4.78, 5) is 30.8. The fourth-order valence-electron chi connectivity index (χ4n) is 3.24. The normalized spacial score (nSPS) is 14.1. The van der Waals surface area contributed by atoms with Crippen LogP contribution in [-0.4, -0.2) is 48.0 Å². The van der Waals surface area contributed by atoms with Crippen LogP contribution in [0.25, 0.3) is 10.2 Å². The zero-order valence-corrected chi connectivity index (χ0v) is 17.5. The molecule has 0 spiro atoms. The molecule has 1 aromatic carbocycles. The Morgan fingerprint density at radius 2 is 2.00 bits per heavy atom. The van der Waals surface area contributed by atoms with Crippen LogP contribution in [0.2, 0.25) is 5.02 Å². The molecule has 0 radical (unpaired) electrons. The molecule has 156 valence electrons. The first-order valence-electron chi connectivity index (χ1n) is 9.22. The maximum absolute atomic E-state index is 12.4. The molecule has 1 fully saturated rings. The van der Waals surface area contributed by atoms with Gasteiger partial charge in [0, 0.05) is 19.3 Å². The number of nitrogens with two attached hydrogens (primary N) is 2. The molecular formula is C20H19ClN4O4S. The standard InChI is InChI=1S/C20H19ClN4O4S/c21-12-9-11(10-15(26)25-5-7-28-8-6-25)1-2-13(12)29-14-3-4-24-20-16(14)17(22)18(30-20)19(23)27/h1-4,9H,5-8,10,22H2,(H2,23,27). The van der Waals surface area contributed by atoms with Gasteiger partial charge in [-0.1, -0.05) is 17.7 Å². The quantitative estimate of drug-likeness (QED) is 0.621. The summed E-state index contributed by atoms with van der Waals surface area (Å²) in [6, 6.07) is 6.85. The molecule has 4 N–H and O–H groups in total. The van der Waals surface area contributed by atoms with Gasteiger partial charge in [-0.15, -0.1) is 11.3 Å². The van der Waals surface area contributed by atoms with Crippen molar-refractivity contribution in [1.29, 1.82) is 0 Å². The molecule has 30 heavy (non-hydrogen) atoms. The minimum absolute atomic E-state index is 0.0314. The van der Waals surface area contributed by atoms with E-state index in [1.807, 2.05) is 0 Å². The van der Waals surface area contributed by atoms with Gasteiger partial charge < -0.3 is 25.8 Å². The second-order valence-electron chi connectivity index (χ2n) is 6.74. The summed E-state index contributed by atoms with van der Waals surface area (Å²) < 4.78 is 11.2. The van der Waals surface area contributed by atoms with Crippen LogP contribution in [0, 0.1) is 0 Å². The molecule has 1 aliphatic heterocycles. The Labute approximate surface area is 181 Å². The third kappa shape index (κ3) is 4.04. The molecule has 0 unspecified atom stereocenters. The fraction of sp³-hybridized carbons (Fsp3) is 0.250. The highest BCUT2D eigenvalue weighted by Gasteiger charge is 2.20. The van der Waals surface area contributed by atoms with Crippen LogP contribution in [0.1, 0.15) is 15.2 Å². The Hall–Kier alpha value is -2.88. The van der Waals surface area contributed by atoms with E-state index in [1.54, 1.807) is 35.4 Å². The van der Waals surface area contributed by atoms with Gasteiger partial charge >= 0.3 is 0 Å². The number of benzene rings is 1. The van der Waals surface area contributed by atoms with Crippen molar-refractivity contribution in [3.63, 3.8) is 0 Å². The van der Waals surface area contributed by atoms with E-state index in [9.17, 15) is 9.59 Å². The summed E-state index contributed by atoms with van der Waals surface area (Å²) >= 11 is 7.52. The molecule has 0 atom stereocenters. The van der Waals surface area contributed by atoms with Crippen LogP contribution in [0.15, 0.2) is 30.5 Å². The number of hydrogen-bond donors (Lipinski definition) is 2. The number of nitrogen functional groups attached to an aromatic ring is 1. The van der Waals surface area contributed by atoms with Gasteiger partial charge in [0.15, 0.2) is 0 Å². The zero-order chi connectivity index (χ0) is 21.3. The van der Waals surface area contributed by atoms with Gasteiger partial charge in [0.05, 0.1) is 35.7 Å². The minimum Gasteiger partial charge on any atom is -0.455 e. The zero-order valence-electron chi connectivity index (χ0n) is 15.9. The molecule has 1 aliphatic rings. The van der Waals surface area contributed by atoms with Gasteiger partial charge in [0.25, 0.3) is 5.91 Å². The van der Waals surface area contributed by atoms with Gasteiger partial charge in [-0.2, -0.15) is 0 Å². The first-order chi connectivity index (χ1) is 14.4. The molecule has 0 bridgehead atoms. The summed E-state index contributed by atoms with van der Waals surface area (Å²) in [7, 11) is 0. The molecule has 10 heteroatoms. The Kier molecular flexibility index (Phi) is 5.76. The SMILES string of the molecule is NC(=O)c1sc2nccc(Oc3ccc(CC(=O)N4CCOCC4)cc3Cl)c2c1N. The number of primary amides is 1. The van der Waals surface area contributed by atoms with Crippen molar-refractivity contribution < 1.29 is 19.1 Å². The van der Waals surface area contributed by atoms with Crippen molar-refractivity contribution >= 4 is 50.7 Å². The van der Waals surface area contributed by atoms with E-state index in [0.717, 1.165) is 16.9 Å². The molecule has 2 aromatic heterocycles. The topological polar surface area (TPSA) is 121 Å². The number of pyridine rings is 1. The van der Waals surface area contributed by atoms with Crippen LogP contribution in [0.5, 0.6) is 11.5 Å². The predicted octanol–water partition coefficient (Wildman–Crippen LogP) is 2.82. The number of hydrogen-bond acceptors (Lipinski definition) is 7. The Bertz CT molecular complexity index is 1130. The summed E-state index contributed by atoms with van der Waals surface area (Å²) in [6.07, 6.45) is 1.81. The summed E-state index contributed by atoms with van der Waals surface area (Å²) in [5.74, 6) is 0.232. The first kappa shape index (κ1) is 20.4. The van der Waals surface area contributed by atoms with E-state index >= 15 is 0 Å². The molecule has 8 nitrogen and oxygen atoms in total. The van der Waals surface area contributed by atoms with Crippen molar-refractivity contribution in [3.8, 4) is 11.5 Å². The third-order valence-electron chi connectivity index (χ3n) is 4.75. The highest BCUT2D eigenvalue weighted by molar-refractivity contribution is 7.21. The molecule has 0 saturated carbocycles. The number of nitrogens with zero attached hydrogens (tertiary/aromatic N) is 2. The number of halogens is 1.